The molecule has 0 fully saturated rings. The van der Waals surface area contributed by atoms with E-state index >= 15 is 0 Å². The molecule has 23 heavy (non-hydrogen) atoms. The first-order valence-electron chi connectivity index (χ1n) is 8.13. The largest absolute Gasteiger partial charge is 0.310 e. The summed E-state index contributed by atoms with van der Waals surface area (Å²) in [5, 5.41) is 0. The Labute approximate surface area is 140 Å². The standard InChI is InChI=1S/C18H29NO3S/c1-13(2)12-23(21,22)10-9-18(20)19(14(3)4)17-11-15(5)7-8-16(17)6/h7-8,11,13-14H,9-10,12H2,1-6H3. The van der Waals surface area contributed by atoms with Gasteiger partial charge in [-0.25, -0.2) is 8.42 Å². The van der Waals surface area contributed by atoms with Crippen molar-refractivity contribution in [3.8, 4) is 0 Å². The summed E-state index contributed by atoms with van der Waals surface area (Å²) in [4.78, 5) is 14.4. The molecule has 5 heteroatoms. The van der Waals surface area contributed by atoms with Crippen molar-refractivity contribution in [3.05, 3.63) is 29.3 Å². The lowest BCUT2D eigenvalue weighted by molar-refractivity contribution is -0.118. The van der Waals surface area contributed by atoms with Gasteiger partial charge in [-0.3, -0.25) is 4.79 Å². The molecule has 0 heterocycles. The van der Waals surface area contributed by atoms with Crippen LogP contribution in [0.25, 0.3) is 0 Å². The van der Waals surface area contributed by atoms with Crippen LogP contribution in [-0.2, 0) is 14.6 Å². The number of aryl methyl sites for hydroxylation is 2. The number of carbonyl (C=O) groups is 1. The summed E-state index contributed by atoms with van der Waals surface area (Å²) >= 11 is 0. The maximum atomic E-state index is 12.6. The number of sulfone groups is 1. The lowest BCUT2D eigenvalue weighted by Gasteiger charge is -2.29. The van der Waals surface area contributed by atoms with Crippen LogP contribution < -0.4 is 4.90 Å². The molecule has 4 nitrogen and oxygen atoms in total. The van der Waals surface area contributed by atoms with Crippen molar-refractivity contribution in [3.63, 3.8) is 0 Å². The SMILES string of the molecule is Cc1ccc(C)c(N(C(=O)CCS(=O)(=O)CC(C)C)C(C)C)c1. The van der Waals surface area contributed by atoms with Crippen molar-refractivity contribution in [1.82, 2.24) is 0 Å². The van der Waals surface area contributed by atoms with E-state index in [9.17, 15) is 13.2 Å². The van der Waals surface area contributed by atoms with E-state index in [1.165, 1.54) is 0 Å². The molecule has 0 aromatic heterocycles. The molecular formula is C18H29NO3S. The Hall–Kier alpha value is -1.36. The Morgan fingerprint density at radius 1 is 1.13 bits per heavy atom. The summed E-state index contributed by atoms with van der Waals surface area (Å²) in [6.45, 7) is 11.6. The van der Waals surface area contributed by atoms with Crippen LogP contribution in [0.2, 0.25) is 0 Å². The molecule has 0 aliphatic rings. The van der Waals surface area contributed by atoms with Crippen LogP contribution in [0.1, 0.15) is 45.2 Å². The highest BCUT2D eigenvalue weighted by Gasteiger charge is 2.23. The van der Waals surface area contributed by atoms with Gasteiger partial charge >= 0.3 is 0 Å². The molecule has 0 unspecified atom stereocenters. The van der Waals surface area contributed by atoms with Gasteiger partial charge in [-0.2, -0.15) is 0 Å². The minimum absolute atomic E-state index is 0.0178. The molecule has 0 spiro atoms. The number of nitrogens with zero attached hydrogens (tertiary/aromatic N) is 1. The third kappa shape index (κ3) is 5.98. The van der Waals surface area contributed by atoms with Crippen LogP contribution in [0.4, 0.5) is 5.69 Å². The second kappa shape index (κ2) is 7.95. The monoisotopic (exact) mass is 339 g/mol. The van der Waals surface area contributed by atoms with Gasteiger partial charge in [0.1, 0.15) is 0 Å². The molecule has 1 aromatic rings. The highest BCUT2D eigenvalue weighted by atomic mass is 32.2. The molecule has 0 saturated carbocycles. The lowest BCUT2D eigenvalue weighted by atomic mass is 10.1. The van der Waals surface area contributed by atoms with Gasteiger partial charge in [-0.05, 0) is 50.8 Å². The molecule has 0 bridgehead atoms. The molecule has 0 atom stereocenters. The smallest absolute Gasteiger partial charge is 0.228 e. The van der Waals surface area contributed by atoms with Crippen molar-refractivity contribution in [2.45, 2.75) is 54.0 Å². The summed E-state index contributed by atoms with van der Waals surface area (Å²) in [5.74, 6) is -0.0138. The zero-order valence-corrected chi connectivity index (χ0v) is 15.9. The number of hydrogen-bond acceptors (Lipinski definition) is 3. The second-order valence-electron chi connectivity index (χ2n) is 6.91. The van der Waals surface area contributed by atoms with E-state index in [2.05, 4.69) is 0 Å². The molecule has 1 rings (SSSR count). The molecule has 0 radical (unpaired) electrons. The van der Waals surface area contributed by atoms with E-state index in [1.807, 2.05) is 59.7 Å². The van der Waals surface area contributed by atoms with E-state index in [4.69, 9.17) is 0 Å². The van der Waals surface area contributed by atoms with Gasteiger partial charge in [-0.15, -0.1) is 0 Å². The summed E-state index contributed by atoms with van der Waals surface area (Å²) in [6.07, 6.45) is 0.0284. The fourth-order valence-electron chi connectivity index (χ4n) is 2.63. The topological polar surface area (TPSA) is 54.5 Å². The van der Waals surface area contributed by atoms with Crippen molar-refractivity contribution >= 4 is 21.4 Å². The summed E-state index contributed by atoms with van der Waals surface area (Å²) in [6, 6.07) is 5.96. The molecule has 0 saturated heterocycles. The molecular weight excluding hydrogens is 310 g/mol. The maximum Gasteiger partial charge on any atom is 0.228 e. The first kappa shape index (κ1) is 19.7. The number of rotatable bonds is 7. The Balaban J connectivity index is 2.95. The lowest BCUT2D eigenvalue weighted by Crippen LogP contribution is -2.38. The number of anilines is 1. The summed E-state index contributed by atoms with van der Waals surface area (Å²) < 4.78 is 24.0. The number of benzene rings is 1. The average Bonchev–Trinajstić information content (AvgIpc) is 2.39. The van der Waals surface area contributed by atoms with E-state index in [0.717, 1.165) is 16.8 Å². The molecule has 0 N–H and O–H groups in total. The normalized spacial score (nSPS) is 12.0. The summed E-state index contributed by atoms with van der Waals surface area (Å²) in [5.41, 5.74) is 2.96. The fraction of sp³-hybridized carbons (Fsp3) is 0.611. The van der Waals surface area contributed by atoms with Gasteiger partial charge in [0.25, 0.3) is 0 Å². The highest BCUT2D eigenvalue weighted by molar-refractivity contribution is 7.91. The van der Waals surface area contributed by atoms with Gasteiger partial charge in [0, 0.05) is 18.2 Å². The van der Waals surface area contributed by atoms with E-state index < -0.39 is 9.84 Å². The van der Waals surface area contributed by atoms with Crippen molar-refractivity contribution in [1.29, 1.82) is 0 Å². The van der Waals surface area contributed by atoms with Gasteiger partial charge in [0.05, 0.1) is 11.5 Å². The highest BCUT2D eigenvalue weighted by Crippen LogP contribution is 2.24. The molecule has 1 amide bonds. The van der Waals surface area contributed by atoms with Crippen LogP contribution in [0, 0.1) is 19.8 Å². The third-order valence-corrected chi connectivity index (χ3v) is 5.62. The zero-order valence-electron chi connectivity index (χ0n) is 15.1. The number of hydrogen-bond donors (Lipinski definition) is 0. The summed E-state index contributed by atoms with van der Waals surface area (Å²) in [7, 11) is -3.18. The molecule has 1 aromatic carbocycles. The number of amides is 1. The van der Waals surface area contributed by atoms with E-state index in [1.54, 1.807) is 4.90 Å². The Morgan fingerprint density at radius 3 is 2.26 bits per heavy atom. The van der Waals surface area contributed by atoms with E-state index in [0.29, 0.717) is 0 Å². The van der Waals surface area contributed by atoms with Crippen LogP contribution in [0.3, 0.4) is 0 Å². The van der Waals surface area contributed by atoms with Crippen LogP contribution in [0.5, 0.6) is 0 Å². The average molecular weight is 340 g/mol. The quantitative estimate of drug-likeness (QED) is 0.764. The van der Waals surface area contributed by atoms with Crippen molar-refractivity contribution < 1.29 is 13.2 Å². The van der Waals surface area contributed by atoms with Gasteiger partial charge < -0.3 is 4.90 Å². The third-order valence-electron chi connectivity index (χ3n) is 3.62. The Bertz CT molecular complexity index is 648. The Kier molecular flexibility index (Phi) is 6.81. The second-order valence-corrected chi connectivity index (χ2v) is 9.13. The first-order valence-corrected chi connectivity index (χ1v) is 9.95. The predicted octanol–water partition coefficient (Wildman–Crippen LogP) is 3.51. The van der Waals surface area contributed by atoms with Crippen LogP contribution >= 0.6 is 0 Å². The number of carbonyl (C=O) groups excluding carboxylic acids is 1. The minimum atomic E-state index is -3.18. The van der Waals surface area contributed by atoms with Gasteiger partial charge in [0.2, 0.25) is 5.91 Å². The van der Waals surface area contributed by atoms with Gasteiger partial charge in [-0.1, -0.05) is 26.0 Å². The Morgan fingerprint density at radius 2 is 1.74 bits per heavy atom. The molecule has 130 valence electrons. The van der Waals surface area contributed by atoms with Gasteiger partial charge in [0.15, 0.2) is 9.84 Å². The predicted molar refractivity (Wildman–Crippen MR) is 96.6 cm³/mol. The first-order chi connectivity index (χ1) is 10.5. The van der Waals surface area contributed by atoms with Crippen LogP contribution in [0.15, 0.2) is 18.2 Å². The maximum absolute atomic E-state index is 12.6. The van der Waals surface area contributed by atoms with Crippen molar-refractivity contribution in [2.24, 2.45) is 5.92 Å². The molecule has 0 aliphatic carbocycles. The zero-order chi connectivity index (χ0) is 17.8. The van der Waals surface area contributed by atoms with Crippen molar-refractivity contribution in [2.75, 3.05) is 16.4 Å². The fourth-order valence-corrected chi connectivity index (χ4v) is 4.30. The van der Waals surface area contributed by atoms with Crippen LogP contribution in [-0.4, -0.2) is 31.9 Å². The molecule has 0 aliphatic heterocycles. The minimum Gasteiger partial charge on any atom is -0.310 e. The van der Waals surface area contributed by atoms with E-state index in [-0.39, 0.29) is 35.8 Å².